The minimum atomic E-state index is -0.748. The van der Waals surface area contributed by atoms with Crippen LogP contribution < -0.4 is 11.1 Å². The molecule has 1 heterocycles. The van der Waals surface area contributed by atoms with E-state index in [1.54, 1.807) is 6.92 Å². The van der Waals surface area contributed by atoms with E-state index in [1.807, 2.05) is 0 Å². The fraction of sp³-hybridized carbons (Fsp3) is 0.636. The Morgan fingerprint density at radius 3 is 2.25 bits per heavy atom. The summed E-state index contributed by atoms with van der Waals surface area (Å²) in [6.45, 7) is 3.28. The number of rotatable bonds is 3. The minimum absolute atomic E-state index is 0.0112. The van der Waals surface area contributed by atoms with Crippen molar-refractivity contribution in [2.24, 2.45) is 5.73 Å². The summed E-state index contributed by atoms with van der Waals surface area (Å²) >= 11 is 4.61. The quantitative estimate of drug-likeness (QED) is 0.495. The van der Waals surface area contributed by atoms with E-state index in [-0.39, 0.29) is 24.6 Å². The van der Waals surface area contributed by atoms with Crippen LogP contribution in [0, 0.1) is 0 Å². The van der Waals surface area contributed by atoms with Crippen molar-refractivity contribution in [3.8, 4) is 0 Å². The number of thiocarbonyl (C=S) groups is 1. The predicted octanol–water partition coefficient (Wildman–Crippen LogP) is -1.31. The second-order valence-electron chi connectivity index (χ2n) is 4.13. The lowest BCUT2D eigenvalue weighted by Crippen LogP contribution is -2.54. The van der Waals surface area contributed by atoms with Gasteiger partial charge < -0.3 is 25.6 Å². The molecule has 0 saturated carbocycles. The van der Waals surface area contributed by atoms with Gasteiger partial charge in [0.05, 0.1) is 18.1 Å². The van der Waals surface area contributed by atoms with Crippen molar-refractivity contribution in [2.45, 2.75) is 6.92 Å². The van der Waals surface area contributed by atoms with Crippen LogP contribution in [-0.4, -0.2) is 72.0 Å². The number of piperazine rings is 1. The molecule has 9 heteroatoms. The Morgan fingerprint density at radius 1 is 1.20 bits per heavy atom. The van der Waals surface area contributed by atoms with Crippen molar-refractivity contribution in [2.75, 3.05) is 39.3 Å². The van der Waals surface area contributed by atoms with E-state index in [0.717, 1.165) is 0 Å². The molecule has 0 aromatic rings. The summed E-state index contributed by atoms with van der Waals surface area (Å²) in [6.07, 6.45) is -0.405. The van der Waals surface area contributed by atoms with Crippen LogP contribution in [0.5, 0.6) is 0 Å². The molecule has 0 radical (unpaired) electrons. The van der Waals surface area contributed by atoms with E-state index in [2.05, 4.69) is 17.5 Å². The molecule has 0 aromatic carbocycles. The maximum absolute atomic E-state index is 11.8. The zero-order chi connectivity index (χ0) is 15.1. The van der Waals surface area contributed by atoms with Crippen molar-refractivity contribution in [1.82, 2.24) is 15.1 Å². The Kier molecular flexibility index (Phi) is 6.16. The number of hydrogen-bond donors (Lipinski definition) is 2. The molecule has 3 amide bonds. The normalized spacial score (nSPS) is 14.7. The summed E-state index contributed by atoms with van der Waals surface area (Å²) in [5, 5.41) is 2.33. The van der Waals surface area contributed by atoms with E-state index in [9.17, 15) is 14.4 Å². The molecule has 112 valence electrons. The lowest BCUT2D eigenvalue weighted by Gasteiger charge is -2.33. The second kappa shape index (κ2) is 7.63. The first-order valence-electron chi connectivity index (χ1n) is 6.22. The maximum atomic E-state index is 11.8. The molecule has 0 bridgehead atoms. The van der Waals surface area contributed by atoms with Crippen molar-refractivity contribution in [3.63, 3.8) is 0 Å². The van der Waals surface area contributed by atoms with Crippen LogP contribution in [0.4, 0.5) is 4.79 Å². The highest BCUT2D eigenvalue weighted by Crippen LogP contribution is 2.04. The molecule has 3 N–H and O–H groups in total. The molecule has 8 nitrogen and oxygen atoms in total. The fourth-order valence-corrected chi connectivity index (χ4v) is 1.77. The van der Waals surface area contributed by atoms with E-state index >= 15 is 0 Å². The number of carbonyl (C=O) groups is 3. The van der Waals surface area contributed by atoms with Crippen LogP contribution in [0.25, 0.3) is 0 Å². The third kappa shape index (κ3) is 4.65. The van der Waals surface area contributed by atoms with Crippen molar-refractivity contribution >= 4 is 35.1 Å². The Balaban J connectivity index is 2.40. The molecule has 0 aromatic heterocycles. The zero-order valence-electron chi connectivity index (χ0n) is 11.3. The van der Waals surface area contributed by atoms with Gasteiger partial charge in [-0.1, -0.05) is 12.2 Å². The summed E-state index contributed by atoms with van der Waals surface area (Å²) in [5.74, 6) is -1.40. The summed E-state index contributed by atoms with van der Waals surface area (Å²) < 4.78 is 4.87. The second-order valence-corrected chi connectivity index (χ2v) is 4.65. The van der Waals surface area contributed by atoms with Gasteiger partial charge in [0, 0.05) is 26.2 Å². The van der Waals surface area contributed by atoms with E-state index in [4.69, 9.17) is 10.5 Å². The topological polar surface area (TPSA) is 105 Å². The number of ether oxygens (including phenoxy) is 1. The fourth-order valence-electron chi connectivity index (χ4n) is 1.69. The smallest absolute Gasteiger partial charge is 0.409 e. The Morgan fingerprint density at radius 2 is 1.75 bits per heavy atom. The van der Waals surface area contributed by atoms with Crippen molar-refractivity contribution in [3.05, 3.63) is 0 Å². The molecule has 0 spiro atoms. The van der Waals surface area contributed by atoms with Crippen LogP contribution in [0.1, 0.15) is 6.92 Å². The summed E-state index contributed by atoms with van der Waals surface area (Å²) in [4.78, 5) is 37.8. The van der Waals surface area contributed by atoms with Gasteiger partial charge in [-0.3, -0.25) is 9.59 Å². The van der Waals surface area contributed by atoms with Gasteiger partial charge >= 0.3 is 17.9 Å². The molecular formula is C11H18N4O4S. The molecular weight excluding hydrogens is 284 g/mol. The van der Waals surface area contributed by atoms with Gasteiger partial charge in [-0.25, -0.2) is 4.79 Å². The minimum Gasteiger partial charge on any atom is -0.450 e. The molecule has 0 unspecified atom stereocenters. The average Bonchev–Trinajstić information content (AvgIpc) is 2.44. The van der Waals surface area contributed by atoms with Gasteiger partial charge in [0.15, 0.2) is 0 Å². The third-order valence-electron chi connectivity index (χ3n) is 2.71. The number of carbonyl (C=O) groups excluding carboxylic acids is 3. The first-order valence-corrected chi connectivity index (χ1v) is 6.63. The zero-order valence-corrected chi connectivity index (χ0v) is 12.1. The van der Waals surface area contributed by atoms with Gasteiger partial charge in [0.25, 0.3) is 0 Å². The Bertz CT molecular complexity index is 407. The molecule has 0 atom stereocenters. The van der Waals surface area contributed by atoms with Crippen LogP contribution in [0.2, 0.25) is 0 Å². The average molecular weight is 302 g/mol. The highest BCUT2D eigenvalue weighted by molar-refractivity contribution is 7.80. The van der Waals surface area contributed by atoms with E-state index < -0.39 is 17.9 Å². The predicted molar refractivity (Wildman–Crippen MR) is 75.0 cm³/mol. The van der Waals surface area contributed by atoms with Crippen LogP contribution >= 0.6 is 12.2 Å². The summed E-state index contributed by atoms with van der Waals surface area (Å²) in [5.41, 5.74) is 5.23. The summed E-state index contributed by atoms with van der Waals surface area (Å²) in [7, 11) is 0. The van der Waals surface area contributed by atoms with Crippen molar-refractivity contribution in [1.29, 1.82) is 0 Å². The number of nitrogens with two attached hydrogens (primary N) is 1. The number of nitrogens with zero attached hydrogens (tertiary/aromatic N) is 2. The Labute approximate surface area is 122 Å². The highest BCUT2D eigenvalue weighted by Gasteiger charge is 2.28. The monoisotopic (exact) mass is 302 g/mol. The van der Waals surface area contributed by atoms with Gasteiger partial charge in [0.1, 0.15) is 0 Å². The number of nitrogens with one attached hydrogen (secondary N) is 1. The van der Waals surface area contributed by atoms with Gasteiger partial charge in [-0.15, -0.1) is 0 Å². The van der Waals surface area contributed by atoms with Gasteiger partial charge in [-0.05, 0) is 6.92 Å². The lowest BCUT2D eigenvalue weighted by molar-refractivity contribution is -0.146. The van der Waals surface area contributed by atoms with E-state index in [1.165, 1.54) is 9.80 Å². The highest BCUT2D eigenvalue weighted by atomic mass is 32.1. The first kappa shape index (κ1) is 16.2. The summed E-state index contributed by atoms with van der Waals surface area (Å²) in [6, 6.07) is 0. The third-order valence-corrected chi connectivity index (χ3v) is 2.85. The van der Waals surface area contributed by atoms with Gasteiger partial charge in [0.2, 0.25) is 0 Å². The number of hydrogen-bond acceptors (Lipinski definition) is 5. The lowest BCUT2D eigenvalue weighted by atomic mass is 10.3. The van der Waals surface area contributed by atoms with Crippen molar-refractivity contribution < 1.29 is 19.1 Å². The molecule has 1 fully saturated rings. The molecule has 1 saturated heterocycles. The molecule has 0 aliphatic carbocycles. The Hall–Kier alpha value is -1.90. The molecule has 1 rings (SSSR count). The van der Waals surface area contributed by atoms with Crippen LogP contribution in [-0.2, 0) is 14.3 Å². The standard InChI is InChI=1S/C11H18N4O4S/c1-2-19-11(18)15-5-3-14(4-6-15)10(17)9(16)13-7-8(12)20/h2-7H2,1H3,(H2,12,20)(H,13,16). The first-order chi connectivity index (χ1) is 9.45. The van der Waals surface area contributed by atoms with Crippen LogP contribution in [0.3, 0.4) is 0 Å². The van der Waals surface area contributed by atoms with E-state index in [0.29, 0.717) is 19.7 Å². The van der Waals surface area contributed by atoms with Gasteiger partial charge in [-0.2, -0.15) is 0 Å². The number of amides is 3. The molecule has 1 aliphatic rings. The molecule has 1 aliphatic heterocycles. The van der Waals surface area contributed by atoms with Crippen LogP contribution in [0.15, 0.2) is 0 Å². The largest absolute Gasteiger partial charge is 0.450 e. The molecule has 20 heavy (non-hydrogen) atoms. The SMILES string of the molecule is CCOC(=O)N1CCN(C(=O)C(=O)NCC(N)=S)CC1. The maximum Gasteiger partial charge on any atom is 0.409 e.